The zero-order chi connectivity index (χ0) is 22.1. The van der Waals surface area contributed by atoms with Gasteiger partial charge in [0.05, 0.1) is 12.6 Å². The lowest BCUT2D eigenvalue weighted by Crippen LogP contribution is -2.39. The second-order valence-corrected chi connectivity index (χ2v) is 7.88. The molecular formula is C24H35IN6O. The summed E-state index contributed by atoms with van der Waals surface area (Å²) in [5.41, 5.74) is 3.38. The summed E-state index contributed by atoms with van der Waals surface area (Å²) in [6.45, 7) is 9.48. The monoisotopic (exact) mass is 550 g/mol. The largest absolute Gasteiger partial charge is 0.372 e. The molecule has 7 nitrogen and oxygen atoms in total. The van der Waals surface area contributed by atoms with E-state index in [9.17, 15) is 4.79 Å². The van der Waals surface area contributed by atoms with Crippen molar-refractivity contribution >= 4 is 47.3 Å². The number of nitrogens with one attached hydrogen (secondary N) is 3. The maximum atomic E-state index is 12.2. The minimum atomic E-state index is -0.0935. The first-order chi connectivity index (χ1) is 15.0. The molecule has 0 saturated carbocycles. The zero-order valence-electron chi connectivity index (χ0n) is 19.2. The van der Waals surface area contributed by atoms with Gasteiger partial charge in [-0.1, -0.05) is 18.2 Å². The Labute approximate surface area is 208 Å². The fourth-order valence-electron chi connectivity index (χ4n) is 3.66. The Balaban J connectivity index is 0.00000363. The number of carbonyl (C=O) groups is 1. The molecule has 3 rings (SSSR count). The molecule has 174 valence electrons. The molecule has 1 fully saturated rings. The highest BCUT2D eigenvalue weighted by molar-refractivity contribution is 14.0. The van der Waals surface area contributed by atoms with E-state index in [1.165, 1.54) is 24.1 Å². The summed E-state index contributed by atoms with van der Waals surface area (Å²) in [7, 11) is 0. The average molecular weight is 550 g/mol. The molecular weight excluding hydrogens is 515 g/mol. The van der Waals surface area contributed by atoms with Crippen LogP contribution in [0.5, 0.6) is 0 Å². The molecule has 1 aromatic heterocycles. The number of pyridine rings is 1. The van der Waals surface area contributed by atoms with Gasteiger partial charge in [-0.05, 0) is 63.4 Å². The Hall–Kier alpha value is -2.36. The molecule has 1 atom stereocenters. The molecule has 1 amide bonds. The summed E-state index contributed by atoms with van der Waals surface area (Å²) in [6.07, 6.45) is 2.83. The van der Waals surface area contributed by atoms with Gasteiger partial charge in [0.2, 0.25) is 5.91 Å². The van der Waals surface area contributed by atoms with Crippen LogP contribution in [0.4, 0.5) is 11.5 Å². The Morgan fingerprint density at radius 3 is 2.66 bits per heavy atom. The highest BCUT2D eigenvalue weighted by Gasteiger charge is 2.14. The molecule has 1 aromatic carbocycles. The maximum absolute atomic E-state index is 12.2. The number of rotatable bonds is 8. The van der Waals surface area contributed by atoms with E-state index < -0.39 is 0 Å². The van der Waals surface area contributed by atoms with Crippen LogP contribution in [0.1, 0.15) is 50.4 Å². The summed E-state index contributed by atoms with van der Waals surface area (Å²) in [4.78, 5) is 23.5. The van der Waals surface area contributed by atoms with Gasteiger partial charge in [-0.3, -0.25) is 9.79 Å². The van der Waals surface area contributed by atoms with Gasteiger partial charge in [0.15, 0.2) is 5.96 Å². The molecule has 8 heteroatoms. The predicted octanol–water partition coefficient (Wildman–Crippen LogP) is 4.25. The number of anilines is 2. The Bertz CT molecular complexity index is 898. The molecule has 0 bridgehead atoms. The van der Waals surface area contributed by atoms with Crippen LogP contribution in [0, 0.1) is 6.92 Å². The van der Waals surface area contributed by atoms with Gasteiger partial charge >= 0.3 is 0 Å². The van der Waals surface area contributed by atoms with E-state index in [-0.39, 0.29) is 35.9 Å². The summed E-state index contributed by atoms with van der Waals surface area (Å²) >= 11 is 0. The minimum absolute atomic E-state index is 0. The Kier molecular flexibility index (Phi) is 10.7. The summed E-state index contributed by atoms with van der Waals surface area (Å²) in [5, 5.41) is 9.55. The number of guanidine groups is 1. The van der Waals surface area contributed by atoms with Crippen LogP contribution in [-0.2, 0) is 4.79 Å². The Morgan fingerprint density at radius 2 is 1.94 bits per heavy atom. The topological polar surface area (TPSA) is 81.6 Å². The van der Waals surface area contributed by atoms with Crippen LogP contribution in [0.3, 0.4) is 0 Å². The molecule has 1 unspecified atom stereocenters. The van der Waals surface area contributed by atoms with Crippen molar-refractivity contribution in [1.29, 1.82) is 0 Å². The maximum Gasteiger partial charge on any atom is 0.227 e. The molecule has 3 N–H and O–H groups in total. The number of aliphatic imine (C=N–C) groups is 1. The van der Waals surface area contributed by atoms with Gasteiger partial charge in [-0.2, -0.15) is 0 Å². The lowest BCUT2D eigenvalue weighted by atomic mass is 10.1. The lowest BCUT2D eigenvalue weighted by molar-refractivity contribution is -0.116. The summed E-state index contributed by atoms with van der Waals surface area (Å²) in [6, 6.07) is 14.4. The number of hydrogen-bond acceptors (Lipinski definition) is 4. The number of aryl methyl sites for hydroxylation is 1. The van der Waals surface area contributed by atoms with Gasteiger partial charge in [0.1, 0.15) is 5.82 Å². The van der Waals surface area contributed by atoms with Crippen molar-refractivity contribution in [1.82, 2.24) is 15.6 Å². The molecule has 2 heterocycles. The summed E-state index contributed by atoms with van der Waals surface area (Å²) in [5.74, 6) is 1.19. The van der Waals surface area contributed by atoms with Crippen LogP contribution in [-0.4, -0.2) is 43.0 Å². The Morgan fingerprint density at radius 1 is 1.19 bits per heavy atom. The molecule has 0 spiro atoms. The first-order valence-electron chi connectivity index (χ1n) is 11.2. The lowest BCUT2D eigenvalue weighted by Gasteiger charge is -2.22. The van der Waals surface area contributed by atoms with Crippen molar-refractivity contribution in [2.75, 3.05) is 36.4 Å². The highest BCUT2D eigenvalue weighted by Crippen LogP contribution is 2.23. The third kappa shape index (κ3) is 7.96. The van der Waals surface area contributed by atoms with Gasteiger partial charge in [-0.15, -0.1) is 24.0 Å². The first kappa shape index (κ1) is 25.9. The number of hydrogen-bond donors (Lipinski definition) is 3. The predicted molar refractivity (Wildman–Crippen MR) is 143 cm³/mol. The fraction of sp³-hybridized carbons (Fsp3) is 0.458. The van der Waals surface area contributed by atoms with Crippen molar-refractivity contribution in [3.63, 3.8) is 0 Å². The molecule has 1 aliphatic heterocycles. The fourth-order valence-corrected chi connectivity index (χ4v) is 3.66. The molecule has 0 radical (unpaired) electrons. The third-order valence-corrected chi connectivity index (χ3v) is 5.30. The van der Waals surface area contributed by atoms with Crippen molar-refractivity contribution in [3.05, 3.63) is 53.7 Å². The van der Waals surface area contributed by atoms with Crippen molar-refractivity contribution in [2.45, 2.75) is 46.1 Å². The van der Waals surface area contributed by atoms with Gasteiger partial charge in [0.25, 0.3) is 0 Å². The van der Waals surface area contributed by atoms with E-state index in [1.54, 1.807) is 6.07 Å². The number of carbonyl (C=O) groups excluding carboxylic acids is 1. The SMILES string of the molecule is CCNC(=NCCC(=O)Nc1cccc(C)n1)NC(C)c1cccc(N2CCCC2)c1.I. The second-order valence-electron chi connectivity index (χ2n) is 7.88. The van der Waals surface area contributed by atoms with E-state index in [0.717, 1.165) is 25.3 Å². The van der Waals surface area contributed by atoms with E-state index >= 15 is 0 Å². The number of nitrogens with zero attached hydrogens (tertiary/aromatic N) is 3. The highest BCUT2D eigenvalue weighted by atomic mass is 127. The number of aromatic nitrogens is 1. The molecule has 1 saturated heterocycles. The average Bonchev–Trinajstić information content (AvgIpc) is 3.29. The van der Waals surface area contributed by atoms with Gasteiger partial charge in [-0.25, -0.2) is 4.98 Å². The number of benzene rings is 1. The van der Waals surface area contributed by atoms with E-state index in [2.05, 4.69) is 62.0 Å². The second kappa shape index (κ2) is 13.2. The third-order valence-electron chi connectivity index (χ3n) is 5.30. The van der Waals surface area contributed by atoms with Crippen LogP contribution in [0.2, 0.25) is 0 Å². The van der Waals surface area contributed by atoms with Crippen molar-refractivity contribution < 1.29 is 4.79 Å². The van der Waals surface area contributed by atoms with Crippen LogP contribution < -0.4 is 20.9 Å². The van der Waals surface area contributed by atoms with E-state index in [1.807, 2.05) is 26.0 Å². The smallest absolute Gasteiger partial charge is 0.227 e. The minimum Gasteiger partial charge on any atom is -0.372 e. The molecule has 32 heavy (non-hydrogen) atoms. The van der Waals surface area contributed by atoms with Crippen molar-refractivity contribution in [3.8, 4) is 0 Å². The van der Waals surface area contributed by atoms with Crippen LogP contribution in [0.25, 0.3) is 0 Å². The van der Waals surface area contributed by atoms with Crippen LogP contribution >= 0.6 is 24.0 Å². The van der Waals surface area contributed by atoms with Crippen LogP contribution in [0.15, 0.2) is 47.5 Å². The molecule has 2 aromatic rings. The van der Waals surface area contributed by atoms with Crippen molar-refractivity contribution in [2.24, 2.45) is 4.99 Å². The normalized spacial score (nSPS) is 14.5. The van der Waals surface area contributed by atoms with E-state index in [0.29, 0.717) is 24.7 Å². The van der Waals surface area contributed by atoms with Gasteiger partial charge < -0.3 is 20.9 Å². The first-order valence-corrected chi connectivity index (χ1v) is 11.2. The van der Waals surface area contributed by atoms with E-state index in [4.69, 9.17) is 0 Å². The number of amides is 1. The molecule has 0 aliphatic carbocycles. The number of halogens is 1. The molecule has 1 aliphatic rings. The van der Waals surface area contributed by atoms with Gasteiger partial charge in [0, 0.05) is 37.4 Å². The standard InChI is InChI=1S/C24H34N6O.HI/c1-4-25-24(26-14-13-23(31)29-22-12-7-9-18(2)27-22)28-19(3)20-10-8-11-21(17-20)30-15-5-6-16-30;/h7-12,17,19H,4-6,13-16H2,1-3H3,(H2,25,26,28)(H,27,29,31);1H. The quantitative estimate of drug-likeness (QED) is 0.260. The summed E-state index contributed by atoms with van der Waals surface area (Å²) < 4.78 is 0. The zero-order valence-corrected chi connectivity index (χ0v) is 21.6.